The van der Waals surface area contributed by atoms with Gasteiger partial charge in [-0.15, -0.1) is 0 Å². The molecule has 0 atom stereocenters. The maximum atomic E-state index is 12.1. The Labute approximate surface area is 147 Å². The van der Waals surface area contributed by atoms with Gasteiger partial charge in [0, 0.05) is 9.50 Å². The van der Waals surface area contributed by atoms with Crippen LogP contribution in [0.3, 0.4) is 0 Å². The highest BCUT2D eigenvalue weighted by Crippen LogP contribution is 2.22. The Morgan fingerprint density at radius 3 is 2.48 bits per heavy atom. The van der Waals surface area contributed by atoms with Crippen LogP contribution in [0.4, 0.5) is 0 Å². The fraction of sp³-hybridized carbons (Fsp3) is 0.125. The van der Waals surface area contributed by atoms with E-state index in [-0.39, 0.29) is 17.9 Å². The number of nitrogens with one attached hydrogen (secondary N) is 2. The maximum Gasteiger partial charge on any atom is 0.273 e. The molecule has 0 aliphatic carbocycles. The minimum Gasteiger partial charge on any atom is -0.496 e. The van der Waals surface area contributed by atoms with Gasteiger partial charge in [0.25, 0.3) is 5.91 Å². The zero-order valence-corrected chi connectivity index (χ0v) is 14.6. The molecule has 0 aliphatic heterocycles. The first kappa shape index (κ1) is 17.3. The van der Waals surface area contributed by atoms with Crippen LogP contribution in [0.2, 0.25) is 5.02 Å². The van der Waals surface area contributed by atoms with Crippen molar-refractivity contribution in [1.82, 2.24) is 10.9 Å². The number of hydrogen-bond donors (Lipinski definition) is 2. The highest BCUT2D eigenvalue weighted by atomic mass is 79.9. The van der Waals surface area contributed by atoms with E-state index >= 15 is 0 Å². The van der Waals surface area contributed by atoms with Gasteiger partial charge in [-0.2, -0.15) is 0 Å². The van der Waals surface area contributed by atoms with Gasteiger partial charge in [0.05, 0.1) is 19.1 Å². The molecule has 0 unspecified atom stereocenters. The van der Waals surface area contributed by atoms with Gasteiger partial charge in [0.1, 0.15) is 5.75 Å². The molecule has 2 aromatic carbocycles. The zero-order valence-electron chi connectivity index (χ0n) is 12.2. The molecular weight excluding hydrogens is 384 g/mol. The summed E-state index contributed by atoms with van der Waals surface area (Å²) in [7, 11) is 1.45. The third-order valence-corrected chi connectivity index (χ3v) is 3.76. The van der Waals surface area contributed by atoms with Crippen molar-refractivity contribution in [3.05, 3.63) is 63.1 Å². The summed E-state index contributed by atoms with van der Waals surface area (Å²) >= 11 is 9.20. The average molecular weight is 398 g/mol. The van der Waals surface area contributed by atoms with Crippen LogP contribution in [-0.4, -0.2) is 18.9 Å². The number of carbonyl (C=O) groups is 2. The van der Waals surface area contributed by atoms with Crippen molar-refractivity contribution < 1.29 is 14.3 Å². The number of amides is 2. The largest absolute Gasteiger partial charge is 0.496 e. The molecule has 0 fully saturated rings. The van der Waals surface area contributed by atoms with Crippen LogP contribution < -0.4 is 15.6 Å². The summed E-state index contributed by atoms with van der Waals surface area (Å²) in [5.41, 5.74) is 5.79. The van der Waals surface area contributed by atoms with Gasteiger partial charge in [-0.1, -0.05) is 39.7 Å². The van der Waals surface area contributed by atoms with Crippen LogP contribution in [0, 0.1) is 0 Å². The van der Waals surface area contributed by atoms with Crippen LogP contribution >= 0.6 is 27.5 Å². The second-order valence-electron chi connectivity index (χ2n) is 4.65. The van der Waals surface area contributed by atoms with Crippen LogP contribution in [0.25, 0.3) is 0 Å². The molecule has 0 radical (unpaired) electrons. The lowest BCUT2D eigenvalue weighted by Gasteiger charge is -2.10. The van der Waals surface area contributed by atoms with Gasteiger partial charge in [-0.25, -0.2) is 0 Å². The van der Waals surface area contributed by atoms with E-state index in [1.807, 2.05) is 24.3 Å². The Morgan fingerprint density at radius 2 is 1.83 bits per heavy atom. The van der Waals surface area contributed by atoms with E-state index in [1.165, 1.54) is 13.2 Å². The monoisotopic (exact) mass is 396 g/mol. The number of carbonyl (C=O) groups excluding carboxylic acids is 2. The molecule has 7 heteroatoms. The molecule has 5 nitrogen and oxygen atoms in total. The second-order valence-corrected chi connectivity index (χ2v) is 6.00. The van der Waals surface area contributed by atoms with E-state index in [0.29, 0.717) is 10.8 Å². The van der Waals surface area contributed by atoms with E-state index in [0.717, 1.165) is 10.0 Å². The van der Waals surface area contributed by atoms with E-state index in [9.17, 15) is 9.59 Å². The van der Waals surface area contributed by atoms with Crippen molar-refractivity contribution >= 4 is 39.3 Å². The van der Waals surface area contributed by atoms with E-state index in [4.69, 9.17) is 16.3 Å². The molecule has 23 heavy (non-hydrogen) atoms. The van der Waals surface area contributed by atoms with Crippen LogP contribution in [0.5, 0.6) is 5.75 Å². The molecule has 0 heterocycles. The molecule has 120 valence electrons. The Balaban J connectivity index is 1.95. The van der Waals surface area contributed by atoms with Gasteiger partial charge in [-0.3, -0.25) is 20.4 Å². The van der Waals surface area contributed by atoms with Crippen molar-refractivity contribution in [2.45, 2.75) is 6.42 Å². The van der Waals surface area contributed by atoms with Crippen molar-refractivity contribution in [2.24, 2.45) is 0 Å². The van der Waals surface area contributed by atoms with Crippen molar-refractivity contribution in [3.63, 3.8) is 0 Å². The first-order valence-corrected chi connectivity index (χ1v) is 7.84. The third kappa shape index (κ3) is 4.97. The van der Waals surface area contributed by atoms with Crippen LogP contribution in [0.15, 0.2) is 46.9 Å². The molecule has 0 bridgehead atoms. The summed E-state index contributed by atoms with van der Waals surface area (Å²) in [6.07, 6.45) is 0.153. The maximum absolute atomic E-state index is 12.1. The number of methoxy groups -OCH3 is 1. The highest BCUT2D eigenvalue weighted by molar-refractivity contribution is 9.10. The van der Waals surface area contributed by atoms with Gasteiger partial charge in [0.15, 0.2) is 0 Å². The summed E-state index contributed by atoms with van der Waals surface area (Å²) in [6.45, 7) is 0. The van der Waals surface area contributed by atoms with Gasteiger partial charge < -0.3 is 4.74 Å². The number of halogens is 2. The first-order valence-electron chi connectivity index (χ1n) is 6.67. The van der Waals surface area contributed by atoms with Crippen molar-refractivity contribution in [3.8, 4) is 5.75 Å². The number of hydrazine groups is 1. The molecule has 0 spiro atoms. The number of hydrogen-bond acceptors (Lipinski definition) is 3. The van der Waals surface area contributed by atoms with E-state index < -0.39 is 5.91 Å². The normalized spacial score (nSPS) is 10.0. The molecule has 0 saturated carbocycles. The van der Waals surface area contributed by atoms with Gasteiger partial charge >= 0.3 is 0 Å². The topological polar surface area (TPSA) is 67.4 Å². The fourth-order valence-electron chi connectivity index (χ4n) is 1.88. The third-order valence-electron chi connectivity index (χ3n) is 3.00. The molecule has 2 N–H and O–H groups in total. The lowest BCUT2D eigenvalue weighted by molar-refractivity contribution is -0.121. The Bertz CT molecular complexity index is 720. The molecule has 0 saturated heterocycles. The lowest BCUT2D eigenvalue weighted by Crippen LogP contribution is -2.42. The summed E-state index contributed by atoms with van der Waals surface area (Å²) in [4.78, 5) is 24.0. The molecule has 0 aromatic heterocycles. The van der Waals surface area contributed by atoms with Crippen LogP contribution in [-0.2, 0) is 11.2 Å². The smallest absolute Gasteiger partial charge is 0.273 e. The predicted molar refractivity (Wildman–Crippen MR) is 91.5 cm³/mol. The van der Waals surface area contributed by atoms with E-state index in [2.05, 4.69) is 26.8 Å². The summed E-state index contributed by atoms with van der Waals surface area (Å²) in [5, 5.41) is 0.400. The number of rotatable bonds is 4. The lowest BCUT2D eigenvalue weighted by atomic mass is 10.1. The summed E-state index contributed by atoms with van der Waals surface area (Å²) in [6, 6.07) is 12.0. The predicted octanol–water partition coefficient (Wildman–Crippen LogP) is 3.11. The Kier molecular flexibility index (Phi) is 6.01. The average Bonchev–Trinajstić information content (AvgIpc) is 2.54. The standard InChI is InChI=1S/C16H14BrClN2O3/c1-23-14-7-6-12(18)9-13(14)16(22)20-19-15(21)8-10-2-4-11(17)5-3-10/h2-7,9H,8H2,1H3,(H,19,21)(H,20,22). The van der Waals surface area contributed by atoms with Crippen molar-refractivity contribution in [2.75, 3.05) is 7.11 Å². The summed E-state index contributed by atoms with van der Waals surface area (Å²) in [5.74, 6) is -0.468. The molecule has 2 aromatic rings. The second kappa shape index (κ2) is 7.99. The van der Waals surface area contributed by atoms with Crippen molar-refractivity contribution in [1.29, 1.82) is 0 Å². The molecular formula is C16H14BrClN2O3. The highest BCUT2D eigenvalue weighted by Gasteiger charge is 2.13. The SMILES string of the molecule is COc1ccc(Cl)cc1C(=O)NNC(=O)Cc1ccc(Br)cc1. The minimum absolute atomic E-state index is 0.153. The fourth-order valence-corrected chi connectivity index (χ4v) is 2.32. The minimum atomic E-state index is -0.506. The van der Waals surface area contributed by atoms with E-state index in [1.54, 1.807) is 12.1 Å². The first-order chi connectivity index (χ1) is 11.0. The molecule has 2 rings (SSSR count). The molecule has 2 amide bonds. The summed E-state index contributed by atoms with van der Waals surface area (Å²) < 4.78 is 6.03. The number of ether oxygens (including phenoxy) is 1. The van der Waals surface area contributed by atoms with Gasteiger partial charge in [0.2, 0.25) is 5.91 Å². The molecule has 0 aliphatic rings. The Morgan fingerprint density at radius 1 is 1.13 bits per heavy atom. The van der Waals surface area contributed by atoms with Crippen LogP contribution in [0.1, 0.15) is 15.9 Å². The zero-order chi connectivity index (χ0) is 16.8. The van der Waals surface area contributed by atoms with Gasteiger partial charge in [-0.05, 0) is 35.9 Å². The number of benzene rings is 2. The Hall–Kier alpha value is -2.05. The quantitative estimate of drug-likeness (QED) is 0.779.